The zero-order valence-electron chi connectivity index (χ0n) is 15.9. The van der Waals surface area contributed by atoms with Gasteiger partial charge in [-0.3, -0.25) is 14.5 Å². The summed E-state index contributed by atoms with van der Waals surface area (Å²) in [6.45, 7) is 4.56. The molecule has 146 valence electrons. The van der Waals surface area contributed by atoms with Crippen LogP contribution in [0.1, 0.15) is 12.0 Å². The molecule has 1 saturated heterocycles. The van der Waals surface area contributed by atoms with Gasteiger partial charge in [0.15, 0.2) is 6.61 Å². The average molecular weight is 379 g/mol. The second-order valence-corrected chi connectivity index (χ2v) is 7.19. The van der Waals surface area contributed by atoms with Gasteiger partial charge in [-0.1, -0.05) is 42.5 Å². The monoisotopic (exact) mass is 379 g/mol. The molecule has 2 aromatic rings. The van der Waals surface area contributed by atoms with Crippen molar-refractivity contribution in [3.63, 3.8) is 0 Å². The summed E-state index contributed by atoms with van der Waals surface area (Å²) in [4.78, 5) is 30.9. The Labute approximate surface area is 165 Å². The predicted octanol–water partition coefficient (Wildman–Crippen LogP) is 2.15. The fraction of sp³-hybridized carbons (Fsp3) is 0.364. The van der Waals surface area contributed by atoms with E-state index in [0.29, 0.717) is 18.7 Å². The standard InChI is InChI=1S/C22H25N3O3/c26-21(10-11-25-19-8-4-5-9-20(19)28-17-22(25)27)24-14-12-23(13-15-24)16-18-6-2-1-3-7-18/h1-9H,10-17H2. The fourth-order valence-corrected chi connectivity index (χ4v) is 3.76. The summed E-state index contributed by atoms with van der Waals surface area (Å²) in [5, 5.41) is 0. The van der Waals surface area contributed by atoms with Crippen molar-refractivity contribution in [2.24, 2.45) is 0 Å². The maximum absolute atomic E-state index is 12.7. The molecule has 2 heterocycles. The Morgan fingerprint density at radius 1 is 0.929 bits per heavy atom. The Hall–Kier alpha value is -2.86. The Morgan fingerprint density at radius 3 is 2.43 bits per heavy atom. The molecule has 0 N–H and O–H groups in total. The van der Waals surface area contributed by atoms with Crippen LogP contribution in [0.5, 0.6) is 5.75 Å². The van der Waals surface area contributed by atoms with Crippen molar-refractivity contribution in [2.45, 2.75) is 13.0 Å². The third kappa shape index (κ3) is 4.17. The highest BCUT2D eigenvalue weighted by Gasteiger charge is 2.27. The number of fused-ring (bicyclic) bond motifs is 1. The van der Waals surface area contributed by atoms with Crippen LogP contribution < -0.4 is 9.64 Å². The van der Waals surface area contributed by atoms with Crippen LogP contribution in [-0.4, -0.2) is 60.9 Å². The van der Waals surface area contributed by atoms with Crippen LogP contribution in [0.4, 0.5) is 5.69 Å². The molecule has 6 heteroatoms. The topological polar surface area (TPSA) is 53.1 Å². The Morgan fingerprint density at radius 2 is 1.64 bits per heavy atom. The lowest BCUT2D eigenvalue weighted by Crippen LogP contribution is -2.49. The number of piperazine rings is 1. The molecule has 0 atom stereocenters. The molecule has 2 aromatic carbocycles. The van der Waals surface area contributed by atoms with Gasteiger partial charge in [0.05, 0.1) is 5.69 Å². The molecule has 0 saturated carbocycles. The molecule has 1 fully saturated rings. The Balaban J connectivity index is 1.28. The molecule has 2 amide bonds. The van der Waals surface area contributed by atoms with Crippen LogP contribution in [0, 0.1) is 0 Å². The maximum atomic E-state index is 12.7. The number of nitrogens with zero attached hydrogens (tertiary/aromatic N) is 3. The number of hydrogen-bond acceptors (Lipinski definition) is 4. The van der Waals surface area contributed by atoms with E-state index in [1.54, 1.807) is 4.90 Å². The number of amides is 2. The maximum Gasteiger partial charge on any atom is 0.265 e. The van der Waals surface area contributed by atoms with Gasteiger partial charge in [-0.25, -0.2) is 0 Å². The summed E-state index contributed by atoms with van der Waals surface area (Å²) >= 11 is 0. The van der Waals surface area contributed by atoms with Crippen LogP contribution in [0.25, 0.3) is 0 Å². The van der Waals surface area contributed by atoms with Crippen LogP contribution in [0.2, 0.25) is 0 Å². The first-order valence-corrected chi connectivity index (χ1v) is 9.77. The normalized spacial score (nSPS) is 17.2. The Bertz CT molecular complexity index is 832. The molecule has 0 bridgehead atoms. The van der Waals surface area contributed by atoms with Crippen molar-refractivity contribution in [1.29, 1.82) is 0 Å². The second-order valence-electron chi connectivity index (χ2n) is 7.19. The van der Waals surface area contributed by atoms with Gasteiger partial charge in [0.25, 0.3) is 5.91 Å². The lowest BCUT2D eigenvalue weighted by Gasteiger charge is -2.35. The van der Waals surface area contributed by atoms with E-state index < -0.39 is 0 Å². The van der Waals surface area contributed by atoms with Gasteiger partial charge in [-0.15, -0.1) is 0 Å². The van der Waals surface area contributed by atoms with Gasteiger partial charge in [0, 0.05) is 45.7 Å². The van der Waals surface area contributed by atoms with E-state index in [9.17, 15) is 9.59 Å². The molecule has 4 rings (SSSR count). The van der Waals surface area contributed by atoms with E-state index in [1.165, 1.54) is 5.56 Å². The number of carbonyl (C=O) groups excluding carboxylic acids is 2. The van der Waals surface area contributed by atoms with Crippen molar-refractivity contribution >= 4 is 17.5 Å². The average Bonchev–Trinajstić information content (AvgIpc) is 2.74. The first kappa shape index (κ1) is 18.5. The van der Waals surface area contributed by atoms with Gasteiger partial charge >= 0.3 is 0 Å². The van der Waals surface area contributed by atoms with Crippen molar-refractivity contribution in [1.82, 2.24) is 9.80 Å². The van der Waals surface area contributed by atoms with E-state index >= 15 is 0 Å². The van der Waals surface area contributed by atoms with Gasteiger partial charge in [0.1, 0.15) is 5.75 Å². The van der Waals surface area contributed by atoms with Crippen molar-refractivity contribution in [3.8, 4) is 5.75 Å². The summed E-state index contributed by atoms with van der Waals surface area (Å²) in [6.07, 6.45) is 0.332. The van der Waals surface area contributed by atoms with Crippen molar-refractivity contribution in [2.75, 3.05) is 44.2 Å². The number of ether oxygens (including phenoxy) is 1. The van der Waals surface area contributed by atoms with Gasteiger partial charge in [0.2, 0.25) is 5.91 Å². The fourth-order valence-electron chi connectivity index (χ4n) is 3.76. The number of carbonyl (C=O) groups is 2. The number of hydrogen-bond donors (Lipinski definition) is 0. The number of para-hydroxylation sites is 2. The highest BCUT2D eigenvalue weighted by Crippen LogP contribution is 2.31. The molecule has 2 aliphatic heterocycles. The summed E-state index contributed by atoms with van der Waals surface area (Å²) in [5.41, 5.74) is 2.05. The predicted molar refractivity (Wildman–Crippen MR) is 107 cm³/mol. The zero-order valence-corrected chi connectivity index (χ0v) is 15.9. The molecule has 0 aliphatic carbocycles. The molecular formula is C22H25N3O3. The zero-order chi connectivity index (χ0) is 19.3. The van der Waals surface area contributed by atoms with E-state index in [1.807, 2.05) is 35.2 Å². The quantitative estimate of drug-likeness (QED) is 0.799. The lowest BCUT2D eigenvalue weighted by molar-refractivity contribution is -0.132. The van der Waals surface area contributed by atoms with E-state index in [2.05, 4.69) is 29.2 Å². The van der Waals surface area contributed by atoms with Crippen LogP contribution >= 0.6 is 0 Å². The third-order valence-corrected chi connectivity index (χ3v) is 5.33. The third-order valence-electron chi connectivity index (χ3n) is 5.33. The molecule has 6 nitrogen and oxygen atoms in total. The number of anilines is 1. The lowest BCUT2D eigenvalue weighted by atomic mass is 10.2. The SMILES string of the molecule is O=C(CCN1C(=O)COc2ccccc21)N1CCN(Cc2ccccc2)CC1. The van der Waals surface area contributed by atoms with Crippen molar-refractivity contribution < 1.29 is 14.3 Å². The van der Waals surface area contributed by atoms with Gasteiger partial charge in [-0.2, -0.15) is 0 Å². The largest absolute Gasteiger partial charge is 0.482 e. The highest BCUT2D eigenvalue weighted by molar-refractivity contribution is 5.98. The molecule has 0 spiro atoms. The first-order valence-electron chi connectivity index (χ1n) is 9.77. The van der Waals surface area contributed by atoms with Crippen LogP contribution in [0.15, 0.2) is 54.6 Å². The smallest absolute Gasteiger partial charge is 0.265 e. The molecule has 0 aromatic heterocycles. The molecule has 0 radical (unpaired) electrons. The Kier molecular flexibility index (Phi) is 5.58. The van der Waals surface area contributed by atoms with Gasteiger partial charge in [-0.05, 0) is 17.7 Å². The van der Waals surface area contributed by atoms with E-state index in [0.717, 1.165) is 38.4 Å². The summed E-state index contributed by atoms with van der Waals surface area (Å²) < 4.78 is 5.46. The summed E-state index contributed by atoms with van der Waals surface area (Å²) in [5.74, 6) is 0.708. The molecule has 0 unspecified atom stereocenters. The first-order chi connectivity index (χ1) is 13.7. The minimum atomic E-state index is -0.0980. The molecule has 28 heavy (non-hydrogen) atoms. The second kappa shape index (κ2) is 8.44. The number of benzene rings is 2. The van der Waals surface area contributed by atoms with E-state index in [4.69, 9.17) is 4.74 Å². The molecule has 2 aliphatic rings. The van der Waals surface area contributed by atoms with E-state index in [-0.39, 0.29) is 18.4 Å². The van der Waals surface area contributed by atoms with Crippen molar-refractivity contribution in [3.05, 3.63) is 60.2 Å². The van der Waals surface area contributed by atoms with Crippen LogP contribution in [-0.2, 0) is 16.1 Å². The van der Waals surface area contributed by atoms with Crippen LogP contribution in [0.3, 0.4) is 0 Å². The minimum Gasteiger partial charge on any atom is -0.482 e. The minimum absolute atomic E-state index is 0.0311. The molecular weight excluding hydrogens is 354 g/mol. The number of rotatable bonds is 5. The van der Waals surface area contributed by atoms with Gasteiger partial charge < -0.3 is 14.5 Å². The summed E-state index contributed by atoms with van der Waals surface area (Å²) in [7, 11) is 0. The highest BCUT2D eigenvalue weighted by atomic mass is 16.5. The summed E-state index contributed by atoms with van der Waals surface area (Å²) in [6, 6.07) is 17.9.